The Morgan fingerprint density at radius 2 is 1.96 bits per heavy atom. The van der Waals surface area contributed by atoms with E-state index in [1.165, 1.54) is 0 Å². The van der Waals surface area contributed by atoms with Crippen molar-refractivity contribution in [2.24, 2.45) is 11.7 Å². The first kappa shape index (κ1) is 18.1. The Labute approximate surface area is 146 Å². The van der Waals surface area contributed by atoms with Crippen LogP contribution >= 0.6 is 15.9 Å². The van der Waals surface area contributed by atoms with Crippen molar-refractivity contribution >= 4 is 21.8 Å². The van der Waals surface area contributed by atoms with Gasteiger partial charge in [-0.2, -0.15) is 0 Å². The lowest BCUT2D eigenvalue weighted by Crippen LogP contribution is -2.31. The number of benzene rings is 1. The number of likely N-dealkylation sites (tertiary alicyclic amines) is 1. The summed E-state index contributed by atoms with van der Waals surface area (Å²) < 4.78 is 12.1. The van der Waals surface area contributed by atoms with Crippen molar-refractivity contribution < 1.29 is 14.3 Å². The molecule has 1 heterocycles. The van der Waals surface area contributed by atoms with Crippen LogP contribution in [0.5, 0.6) is 11.5 Å². The number of rotatable bonds is 7. The highest BCUT2D eigenvalue weighted by Gasteiger charge is 2.25. The standard InChI is InChI=1S/C17H25BrN2O3/c1-3-22-15-7-13(14(18)9-16(15)23-4-2)8-17(21)20-6-5-12(10-19)11-20/h7,9,12H,3-6,8,10-11,19H2,1-2H3. The van der Waals surface area contributed by atoms with Crippen molar-refractivity contribution in [1.29, 1.82) is 0 Å². The van der Waals surface area contributed by atoms with Gasteiger partial charge in [0.25, 0.3) is 0 Å². The van der Waals surface area contributed by atoms with Crippen molar-refractivity contribution in [1.82, 2.24) is 4.90 Å². The maximum atomic E-state index is 12.5. The number of carbonyl (C=O) groups excluding carboxylic acids is 1. The molecule has 5 nitrogen and oxygen atoms in total. The second-order valence-electron chi connectivity index (χ2n) is 5.66. The minimum atomic E-state index is 0.133. The lowest BCUT2D eigenvalue weighted by atomic mass is 10.1. The van der Waals surface area contributed by atoms with Crippen LogP contribution in [0.1, 0.15) is 25.8 Å². The van der Waals surface area contributed by atoms with E-state index in [9.17, 15) is 4.79 Å². The Hall–Kier alpha value is -1.27. The van der Waals surface area contributed by atoms with Crippen LogP contribution in [0.25, 0.3) is 0 Å². The fourth-order valence-corrected chi connectivity index (χ4v) is 3.24. The van der Waals surface area contributed by atoms with Crippen LogP contribution in [0.15, 0.2) is 16.6 Å². The van der Waals surface area contributed by atoms with E-state index in [0.717, 1.165) is 29.5 Å². The van der Waals surface area contributed by atoms with Crippen LogP contribution in [-0.4, -0.2) is 43.7 Å². The predicted molar refractivity (Wildman–Crippen MR) is 93.9 cm³/mol. The molecule has 1 aliphatic heterocycles. The Bertz CT molecular complexity index is 551. The first-order valence-electron chi connectivity index (χ1n) is 8.14. The molecule has 1 aliphatic rings. The van der Waals surface area contributed by atoms with Crippen molar-refractivity contribution in [3.05, 3.63) is 22.2 Å². The largest absolute Gasteiger partial charge is 0.490 e. The molecule has 23 heavy (non-hydrogen) atoms. The zero-order valence-electron chi connectivity index (χ0n) is 13.8. The highest BCUT2D eigenvalue weighted by atomic mass is 79.9. The molecule has 0 aliphatic carbocycles. The molecule has 0 bridgehead atoms. The average Bonchev–Trinajstić information content (AvgIpc) is 3.01. The summed E-state index contributed by atoms with van der Waals surface area (Å²) >= 11 is 3.54. The molecule has 6 heteroatoms. The molecule has 128 valence electrons. The van der Waals surface area contributed by atoms with Crippen LogP contribution in [0, 0.1) is 5.92 Å². The third kappa shape index (κ3) is 4.61. The summed E-state index contributed by atoms with van der Waals surface area (Å²) in [7, 11) is 0. The van der Waals surface area contributed by atoms with Gasteiger partial charge in [-0.3, -0.25) is 4.79 Å². The van der Waals surface area contributed by atoms with Crippen molar-refractivity contribution in [2.75, 3.05) is 32.8 Å². The number of amides is 1. The number of nitrogens with zero attached hydrogens (tertiary/aromatic N) is 1. The zero-order chi connectivity index (χ0) is 16.8. The Kier molecular flexibility index (Phi) is 6.72. The van der Waals surface area contributed by atoms with Gasteiger partial charge in [0.05, 0.1) is 19.6 Å². The summed E-state index contributed by atoms with van der Waals surface area (Å²) in [6.45, 7) is 7.20. The average molecular weight is 385 g/mol. The van der Waals surface area contributed by atoms with Crippen LogP contribution in [0.2, 0.25) is 0 Å². The minimum Gasteiger partial charge on any atom is -0.490 e. The van der Waals surface area contributed by atoms with Gasteiger partial charge in [-0.05, 0) is 50.4 Å². The molecule has 1 aromatic carbocycles. The summed E-state index contributed by atoms with van der Waals surface area (Å²) in [4.78, 5) is 14.4. The molecule has 2 rings (SSSR count). The van der Waals surface area contributed by atoms with Crippen LogP contribution in [0.4, 0.5) is 0 Å². The molecular formula is C17H25BrN2O3. The molecule has 1 unspecified atom stereocenters. The van der Waals surface area contributed by atoms with Crippen LogP contribution < -0.4 is 15.2 Å². The quantitative estimate of drug-likeness (QED) is 0.784. The maximum Gasteiger partial charge on any atom is 0.227 e. The highest BCUT2D eigenvalue weighted by molar-refractivity contribution is 9.10. The van der Waals surface area contributed by atoms with E-state index in [-0.39, 0.29) is 5.91 Å². The van der Waals surface area contributed by atoms with E-state index < -0.39 is 0 Å². The fraction of sp³-hybridized carbons (Fsp3) is 0.588. The van der Waals surface area contributed by atoms with Gasteiger partial charge in [0.15, 0.2) is 11.5 Å². The normalized spacial score (nSPS) is 17.4. The van der Waals surface area contributed by atoms with E-state index in [4.69, 9.17) is 15.2 Å². The predicted octanol–water partition coefficient (Wildman–Crippen LogP) is 2.60. The third-order valence-corrected chi connectivity index (χ3v) is 4.76. The molecule has 1 fully saturated rings. The highest BCUT2D eigenvalue weighted by Crippen LogP contribution is 2.34. The van der Waals surface area contributed by atoms with Gasteiger partial charge in [0.1, 0.15) is 0 Å². The SMILES string of the molecule is CCOc1cc(Br)c(CC(=O)N2CCC(CN)C2)cc1OCC. The van der Waals surface area contributed by atoms with Crippen molar-refractivity contribution in [3.63, 3.8) is 0 Å². The van der Waals surface area contributed by atoms with E-state index in [2.05, 4.69) is 15.9 Å². The molecular weight excluding hydrogens is 360 g/mol. The number of hydrogen-bond acceptors (Lipinski definition) is 4. The molecule has 1 saturated heterocycles. The monoisotopic (exact) mass is 384 g/mol. The van der Waals surface area contributed by atoms with Gasteiger partial charge >= 0.3 is 0 Å². The molecule has 1 aromatic rings. The van der Waals surface area contributed by atoms with E-state index in [1.54, 1.807) is 0 Å². The lowest BCUT2D eigenvalue weighted by Gasteiger charge is -2.18. The van der Waals surface area contributed by atoms with Gasteiger partial charge < -0.3 is 20.1 Å². The zero-order valence-corrected chi connectivity index (χ0v) is 15.4. The molecule has 0 radical (unpaired) electrons. The minimum absolute atomic E-state index is 0.133. The molecule has 0 saturated carbocycles. The fourth-order valence-electron chi connectivity index (χ4n) is 2.78. The summed E-state index contributed by atoms with van der Waals surface area (Å²) in [6.07, 6.45) is 1.35. The van der Waals surface area contributed by atoms with Gasteiger partial charge in [0, 0.05) is 17.6 Å². The van der Waals surface area contributed by atoms with E-state index >= 15 is 0 Å². The number of carbonyl (C=O) groups is 1. The molecule has 0 spiro atoms. The summed E-state index contributed by atoms with van der Waals surface area (Å²) in [5, 5.41) is 0. The van der Waals surface area contributed by atoms with Gasteiger partial charge in [0.2, 0.25) is 5.91 Å². The molecule has 1 atom stereocenters. The number of halogens is 1. The number of ether oxygens (including phenoxy) is 2. The Morgan fingerprint density at radius 1 is 1.30 bits per heavy atom. The first-order chi connectivity index (χ1) is 11.1. The second-order valence-corrected chi connectivity index (χ2v) is 6.52. The Balaban J connectivity index is 2.12. The third-order valence-electron chi connectivity index (χ3n) is 4.03. The topological polar surface area (TPSA) is 64.8 Å². The molecule has 1 amide bonds. The first-order valence-corrected chi connectivity index (χ1v) is 8.94. The summed E-state index contributed by atoms with van der Waals surface area (Å²) in [6, 6.07) is 3.77. The molecule has 0 aromatic heterocycles. The Morgan fingerprint density at radius 3 is 2.52 bits per heavy atom. The van der Waals surface area contributed by atoms with Crippen LogP contribution in [0.3, 0.4) is 0 Å². The van der Waals surface area contributed by atoms with Gasteiger partial charge in [-0.1, -0.05) is 15.9 Å². The van der Waals surface area contributed by atoms with Crippen molar-refractivity contribution in [3.8, 4) is 11.5 Å². The second kappa shape index (κ2) is 8.55. The van der Waals surface area contributed by atoms with E-state index in [0.29, 0.717) is 43.6 Å². The van der Waals surface area contributed by atoms with Gasteiger partial charge in [-0.25, -0.2) is 0 Å². The summed E-state index contributed by atoms with van der Waals surface area (Å²) in [5.74, 6) is 1.94. The molecule has 2 N–H and O–H groups in total. The maximum absolute atomic E-state index is 12.5. The van der Waals surface area contributed by atoms with E-state index in [1.807, 2.05) is 30.9 Å². The smallest absolute Gasteiger partial charge is 0.227 e. The summed E-state index contributed by atoms with van der Waals surface area (Å²) in [5.41, 5.74) is 6.61. The van der Waals surface area contributed by atoms with Crippen LogP contribution in [-0.2, 0) is 11.2 Å². The number of nitrogens with two attached hydrogens (primary N) is 1. The number of hydrogen-bond donors (Lipinski definition) is 1. The van der Waals surface area contributed by atoms with Crippen molar-refractivity contribution in [2.45, 2.75) is 26.7 Å². The van der Waals surface area contributed by atoms with Gasteiger partial charge in [-0.15, -0.1) is 0 Å². The lowest BCUT2D eigenvalue weighted by molar-refractivity contribution is -0.129.